The average Bonchev–Trinajstić information content (AvgIpc) is 2.58. The number of aromatic nitrogens is 1. The summed E-state index contributed by atoms with van der Waals surface area (Å²) in [6.45, 7) is 14.1. The predicted molar refractivity (Wildman–Crippen MR) is 116 cm³/mol. The Morgan fingerprint density at radius 3 is 2.54 bits per heavy atom. The molecule has 1 aliphatic rings. The van der Waals surface area contributed by atoms with Crippen molar-refractivity contribution < 1.29 is 9.84 Å². The van der Waals surface area contributed by atoms with Gasteiger partial charge in [0.2, 0.25) is 0 Å². The van der Waals surface area contributed by atoms with Crippen molar-refractivity contribution in [3.05, 3.63) is 51.0 Å². The maximum atomic E-state index is 12.8. The van der Waals surface area contributed by atoms with Gasteiger partial charge in [-0.3, -0.25) is 4.79 Å². The number of hydrogen-bond donors (Lipinski definition) is 1. The van der Waals surface area contributed by atoms with Crippen LogP contribution in [0.15, 0.2) is 34.2 Å². The maximum Gasteiger partial charge on any atom is 0.254 e. The van der Waals surface area contributed by atoms with Crippen LogP contribution in [0.4, 0.5) is 0 Å². The van der Waals surface area contributed by atoms with Gasteiger partial charge in [-0.05, 0) is 70.8 Å². The summed E-state index contributed by atoms with van der Waals surface area (Å²) in [5.41, 5.74) is 4.88. The second-order valence-electron chi connectivity index (χ2n) is 9.18. The summed E-state index contributed by atoms with van der Waals surface area (Å²) >= 11 is 0. The first-order valence-corrected chi connectivity index (χ1v) is 10.4. The van der Waals surface area contributed by atoms with Gasteiger partial charge in [-0.15, -0.1) is 0 Å². The highest BCUT2D eigenvalue weighted by Gasteiger charge is 2.37. The first kappa shape index (κ1) is 22.5. The van der Waals surface area contributed by atoms with Crippen LogP contribution >= 0.6 is 0 Å². The molecule has 0 bridgehead atoms. The quantitative estimate of drug-likeness (QED) is 0.659. The highest BCUT2D eigenvalue weighted by atomic mass is 16.5. The molecule has 1 N–H and O–H groups in total. The minimum atomic E-state index is -0.0297. The van der Waals surface area contributed by atoms with Gasteiger partial charge in [-0.1, -0.05) is 31.1 Å². The van der Waals surface area contributed by atoms with Crippen LogP contribution in [0.25, 0.3) is 0 Å². The molecule has 1 aliphatic carbocycles. The van der Waals surface area contributed by atoms with E-state index in [1.165, 1.54) is 16.7 Å². The van der Waals surface area contributed by atoms with E-state index in [0.29, 0.717) is 25.5 Å². The van der Waals surface area contributed by atoms with Crippen molar-refractivity contribution in [3.63, 3.8) is 0 Å². The number of allylic oxidation sites excluding steroid dienone is 3. The summed E-state index contributed by atoms with van der Waals surface area (Å²) in [6, 6.07) is 1.64. The molecular formula is C24H37NO3. The predicted octanol–water partition coefficient (Wildman–Crippen LogP) is 4.67. The Hall–Kier alpha value is -1.81. The molecule has 0 saturated heterocycles. The van der Waals surface area contributed by atoms with Crippen molar-refractivity contribution in [2.24, 2.45) is 11.3 Å². The first-order valence-electron chi connectivity index (χ1n) is 10.4. The number of ether oxygens (including phenoxy) is 1. The number of fused-ring (bicyclic) bond motifs is 1. The van der Waals surface area contributed by atoms with E-state index in [1.54, 1.807) is 6.07 Å². The lowest BCUT2D eigenvalue weighted by molar-refractivity contribution is 0.183. The van der Waals surface area contributed by atoms with Gasteiger partial charge in [0.15, 0.2) is 0 Å². The van der Waals surface area contributed by atoms with Crippen molar-refractivity contribution in [3.8, 4) is 5.75 Å². The van der Waals surface area contributed by atoms with E-state index in [1.807, 2.05) is 24.5 Å². The second kappa shape index (κ2) is 9.60. The molecule has 2 rings (SSSR count). The summed E-state index contributed by atoms with van der Waals surface area (Å²) in [5.74, 6) is 1.24. The van der Waals surface area contributed by atoms with Gasteiger partial charge in [0.25, 0.3) is 5.56 Å². The van der Waals surface area contributed by atoms with Crippen LogP contribution in [-0.2, 0) is 19.4 Å². The fourth-order valence-corrected chi connectivity index (χ4v) is 3.92. The van der Waals surface area contributed by atoms with Crippen LogP contribution in [0.5, 0.6) is 5.75 Å². The number of pyridine rings is 1. The molecule has 28 heavy (non-hydrogen) atoms. The van der Waals surface area contributed by atoms with E-state index in [4.69, 9.17) is 4.74 Å². The van der Waals surface area contributed by atoms with Gasteiger partial charge in [-0.2, -0.15) is 0 Å². The third-order valence-electron chi connectivity index (χ3n) is 5.75. The van der Waals surface area contributed by atoms with E-state index >= 15 is 0 Å². The molecule has 1 unspecified atom stereocenters. The van der Waals surface area contributed by atoms with Crippen LogP contribution in [0.1, 0.15) is 65.6 Å². The summed E-state index contributed by atoms with van der Waals surface area (Å²) in [6.07, 6.45) is 7.75. The number of nitrogens with zero attached hydrogens (tertiary/aromatic N) is 1. The Morgan fingerprint density at radius 1 is 1.25 bits per heavy atom. The standard InChI is InChI=1S/C24H37NO3/c1-17(2)8-9-19-14-20-21(16-24(19,5)6)25(11-7-12-26)23(27)15-22(20)28-13-10-18(3)4/h8,10,15,19,26H,7,9,11-14,16H2,1-6H3. The minimum absolute atomic E-state index is 0.0297. The third-order valence-corrected chi connectivity index (χ3v) is 5.75. The van der Waals surface area contributed by atoms with Crippen LogP contribution in [0.2, 0.25) is 0 Å². The molecule has 1 aromatic heterocycles. The zero-order valence-corrected chi connectivity index (χ0v) is 18.5. The smallest absolute Gasteiger partial charge is 0.254 e. The second-order valence-corrected chi connectivity index (χ2v) is 9.18. The number of rotatable bonds is 8. The summed E-state index contributed by atoms with van der Waals surface area (Å²) in [5, 5.41) is 9.26. The zero-order valence-electron chi connectivity index (χ0n) is 18.5. The van der Waals surface area contributed by atoms with Crippen LogP contribution < -0.4 is 10.3 Å². The molecule has 4 heteroatoms. The molecule has 0 amide bonds. The monoisotopic (exact) mass is 387 g/mol. The van der Waals surface area contributed by atoms with E-state index < -0.39 is 0 Å². The van der Waals surface area contributed by atoms with Crippen molar-refractivity contribution in [2.45, 2.75) is 73.8 Å². The minimum Gasteiger partial charge on any atom is -0.489 e. The molecular weight excluding hydrogens is 350 g/mol. The molecule has 1 atom stereocenters. The van der Waals surface area contributed by atoms with Gasteiger partial charge < -0.3 is 14.4 Å². The van der Waals surface area contributed by atoms with Crippen molar-refractivity contribution in [1.29, 1.82) is 0 Å². The van der Waals surface area contributed by atoms with Gasteiger partial charge in [0.1, 0.15) is 12.4 Å². The number of aliphatic hydroxyl groups is 1. The lowest BCUT2D eigenvalue weighted by atomic mass is 9.66. The summed E-state index contributed by atoms with van der Waals surface area (Å²) < 4.78 is 7.90. The molecule has 4 nitrogen and oxygen atoms in total. The fourth-order valence-electron chi connectivity index (χ4n) is 3.92. The largest absolute Gasteiger partial charge is 0.489 e. The molecule has 0 fully saturated rings. The van der Waals surface area contributed by atoms with E-state index in [9.17, 15) is 9.90 Å². The highest BCUT2D eigenvalue weighted by molar-refractivity contribution is 5.40. The maximum absolute atomic E-state index is 12.8. The molecule has 0 aromatic carbocycles. The zero-order chi connectivity index (χ0) is 20.9. The first-order chi connectivity index (χ1) is 13.2. The Morgan fingerprint density at radius 2 is 1.93 bits per heavy atom. The third kappa shape index (κ3) is 5.60. The molecule has 1 heterocycles. The number of aliphatic hydroxyl groups excluding tert-OH is 1. The van der Waals surface area contributed by atoms with E-state index in [-0.39, 0.29) is 17.6 Å². The molecule has 0 aliphatic heterocycles. The van der Waals surface area contributed by atoms with Crippen LogP contribution in [0, 0.1) is 11.3 Å². The topological polar surface area (TPSA) is 51.5 Å². The van der Waals surface area contributed by atoms with Gasteiger partial charge >= 0.3 is 0 Å². The van der Waals surface area contributed by atoms with Gasteiger partial charge in [-0.25, -0.2) is 0 Å². The summed E-state index contributed by atoms with van der Waals surface area (Å²) in [4.78, 5) is 12.8. The Bertz CT molecular complexity index is 791. The molecule has 0 saturated carbocycles. The Kier molecular flexibility index (Phi) is 7.70. The van der Waals surface area contributed by atoms with Crippen molar-refractivity contribution in [1.82, 2.24) is 4.57 Å². The number of hydrogen-bond acceptors (Lipinski definition) is 3. The Balaban J connectivity index is 2.48. The highest BCUT2D eigenvalue weighted by Crippen LogP contribution is 2.43. The fraction of sp³-hybridized carbons (Fsp3) is 0.625. The molecule has 1 aromatic rings. The normalized spacial score (nSPS) is 17.6. The average molecular weight is 388 g/mol. The lowest BCUT2D eigenvalue weighted by Gasteiger charge is -2.41. The van der Waals surface area contributed by atoms with Crippen molar-refractivity contribution >= 4 is 0 Å². The SMILES string of the molecule is CC(C)=CCOc1cc(=O)n(CCCO)c2c1CC(CC=C(C)C)C(C)(C)C2. The lowest BCUT2D eigenvalue weighted by Crippen LogP contribution is -2.38. The van der Waals surface area contributed by atoms with Gasteiger partial charge in [0.05, 0.1) is 0 Å². The van der Waals surface area contributed by atoms with Gasteiger partial charge in [0, 0.05) is 30.5 Å². The molecule has 0 spiro atoms. The Labute approximate surface area is 169 Å². The van der Waals surface area contributed by atoms with Crippen molar-refractivity contribution in [2.75, 3.05) is 13.2 Å². The van der Waals surface area contributed by atoms with E-state index in [0.717, 1.165) is 30.7 Å². The van der Waals surface area contributed by atoms with E-state index in [2.05, 4.69) is 33.8 Å². The molecule has 156 valence electrons. The summed E-state index contributed by atoms with van der Waals surface area (Å²) in [7, 11) is 0. The van der Waals surface area contributed by atoms with Crippen LogP contribution in [-0.4, -0.2) is 22.9 Å². The van der Waals surface area contributed by atoms with Crippen LogP contribution in [0.3, 0.4) is 0 Å². The molecule has 0 radical (unpaired) electrons.